The van der Waals surface area contributed by atoms with Crippen LogP contribution in [0.3, 0.4) is 0 Å². The van der Waals surface area contributed by atoms with E-state index in [1.807, 2.05) is 11.0 Å². The Balaban J connectivity index is 1.69. The molecule has 5 heteroatoms. The maximum absolute atomic E-state index is 12.0. The van der Waals surface area contributed by atoms with Gasteiger partial charge in [-0.3, -0.25) is 0 Å². The second kappa shape index (κ2) is 8.75. The molecule has 0 aliphatic carbocycles. The van der Waals surface area contributed by atoms with E-state index in [1.165, 1.54) is 12.0 Å². The van der Waals surface area contributed by atoms with Gasteiger partial charge in [-0.15, -0.1) is 0 Å². The van der Waals surface area contributed by atoms with Crippen LogP contribution in [0, 0.1) is 0 Å². The summed E-state index contributed by atoms with van der Waals surface area (Å²) in [6.45, 7) is 9.59. The van der Waals surface area contributed by atoms with Crippen LogP contribution in [0.25, 0.3) is 0 Å². The Bertz CT molecular complexity index is 549. The highest BCUT2D eigenvalue weighted by molar-refractivity contribution is 9.10. The van der Waals surface area contributed by atoms with Crippen molar-refractivity contribution in [3.05, 3.63) is 28.2 Å². The molecule has 1 heterocycles. The molecule has 0 saturated carbocycles. The Morgan fingerprint density at radius 2 is 1.96 bits per heavy atom. The van der Waals surface area contributed by atoms with Crippen molar-refractivity contribution in [2.45, 2.75) is 51.9 Å². The summed E-state index contributed by atoms with van der Waals surface area (Å²) in [4.78, 5) is 13.9. The lowest BCUT2D eigenvalue weighted by molar-refractivity contribution is 0.185. The van der Waals surface area contributed by atoms with Gasteiger partial charge in [-0.1, -0.05) is 26.8 Å². The van der Waals surface area contributed by atoms with Gasteiger partial charge in [0.1, 0.15) is 5.75 Å². The summed E-state index contributed by atoms with van der Waals surface area (Å²) in [6.07, 6.45) is 4.28. The van der Waals surface area contributed by atoms with Gasteiger partial charge in [-0.25, -0.2) is 4.79 Å². The standard InChI is InChI=1S/C19H29BrN2O2/c1-19(2,3)15-8-9-17(16(20)14-15)24-13-7-10-21-18(23)22-11-5-4-6-12-22/h8-9,14H,4-7,10-13H2,1-3H3,(H,21,23). The van der Waals surface area contributed by atoms with Gasteiger partial charge in [0.05, 0.1) is 11.1 Å². The topological polar surface area (TPSA) is 41.6 Å². The summed E-state index contributed by atoms with van der Waals surface area (Å²) in [5, 5.41) is 2.98. The maximum Gasteiger partial charge on any atom is 0.317 e. The summed E-state index contributed by atoms with van der Waals surface area (Å²) < 4.78 is 6.80. The number of carbonyl (C=O) groups excluding carboxylic acids is 1. The SMILES string of the molecule is CC(C)(C)c1ccc(OCCCNC(=O)N2CCCCC2)c(Br)c1. The first kappa shape index (κ1) is 19.1. The third kappa shape index (κ3) is 5.69. The smallest absolute Gasteiger partial charge is 0.317 e. The van der Waals surface area contributed by atoms with E-state index in [0.717, 1.165) is 42.6 Å². The molecule has 2 amide bonds. The van der Waals surface area contributed by atoms with Gasteiger partial charge in [0.25, 0.3) is 0 Å². The lowest BCUT2D eigenvalue weighted by Gasteiger charge is -2.26. The Labute approximate surface area is 154 Å². The van der Waals surface area contributed by atoms with E-state index < -0.39 is 0 Å². The summed E-state index contributed by atoms with van der Waals surface area (Å²) in [6, 6.07) is 6.30. The van der Waals surface area contributed by atoms with Crippen LogP contribution in [0.4, 0.5) is 4.79 Å². The van der Waals surface area contributed by atoms with Crippen molar-refractivity contribution in [3.8, 4) is 5.75 Å². The molecule has 134 valence electrons. The van der Waals surface area contributed by atoms with Crippen LogP contribution in [0.5, 0.6) is 5.75 Å². The van der Waals surface area contributed by atoms with Gasteiger partial charge in [0, 0.05) is 19.6 Å². The fourth-order valence-electron chi connectivity index (χ4n) is 2.74. The molecule has 1 aromatic carbocycles. The number of rotatable bonds is 5. The zero-order valence-electron chi connectivity index (χ0n) is 15.0. The summed E-state index contributed by atoms with van der Waals surface area (Å²) in [7, 11) is 0. The Kier molecular flexibility index (Phi) is 6.96. The molecule has 0 aromatic heterocycles. The zero-order chi connectivity index (χ0) is 17.6. The predicted molar refractivity (Wildman–Crippen MR) is 102 cm³/mol. The van der Waals surface area contributed by atoms with Crippen molar-refractivity contribution in [3.63, 3.8) is 0 Å². The summed E-state index contributed by atoms with van der Waals surface area (Å²) in [5.74, 6) is 0.852. The molecule has 1 N–H and O–H groups in total. The number of piperidine rings is 1. The minimum absolute atomic E-state index is 0.0606. The first-order valence-corrected chi connectivity index (χ1v) is 9.63. The molecule has 1 saturated heterocycles. The lowest BCUT2D eigenvalue weighted by Crippen LogP contribution is -2.43. The molecule has 4 nitrogen and oxygen atoms in total. The van der Waals surface area contributed by atoms with E-state index in [1.54, 1.807) is 0 Å². The predicted octanol–water partition coefficient (Wildman–Crippen LogP) is 4.71. The fraction of sp³-hybridized carbons (Fsp3) is 0.632. The highest BCUT2D eigenvalue weighted by Crippen LogP contribution is 2.31. The third-order valence-corrected chi connectivity index (χ3v) is 4.92. The highest BCUT2D eigenvalue weighted by Gasteiger charge is 2.16. The molecule has 0 radical (unpaired) electrons. The number of likely N-dealkylation sites (tertiary alicyclic amines) is 1. The molecule has 0 atom stereocenters. The highest BCUT2D eigenvalue weighted by atomic mass is 79.9. The van der Waals surface area contributed by atoms with Gasteiger partial charge in [0.15, 0.2) is 0 Å². The number of hydrogen-bond acceptors (Lipinski definition) is 2. The van der Waals surface area contributed by atoms with Crippen LogP contribution >= 0.6 is 15.9 Å². The van der Waals surface area contributed by atoms with Crippen molar-refractivity contribution < 1.29 is 9.53 Å². The molecule has 0 spiro atoms. The molecule has 2 rings (SSSR count). The number of nitrogens with one attached hydrogen (secondary N) is 1. The van der Waals surface area contributed by atoms with Gasteiger partial charge >= 0.3 is 6.03 Å². The van der Waals surface area contributed by atoms with Crippen LogP contribution in [0.1, 0.15) is 52.0 Å². The molecule has 0 unspecified atom stereocenters. The number of ether oxygens (including phenoxy) is 1. The average molecular weight is 397 g/mol. The van der Waals surface area contributed by atoms with E-state index in [0.29, 0.717) is 13.2 Å². The Hall–Kier alpha value is -1.23. The molecule has 24 heavy (non-hydrogen) atoms. The number of nitrogens with zero attached hydrogens (tertiary/aromatic N) is 1. The van der Waals surface area contributed by atoms with Crippen LogP contribution in [-0.2, 0) is 5.41 Å². The lowest BCUT2D eigenvalue weighted by atomic mass is 9.87. The van der Waals surface area contributed by atoms with E-state index in [9.17, 15) is 4.79 Å². The molecule has 1 aromatic rings. The molecule has 1 aliphatic heterocycles. The average Bonchev–Trinajstić information content (AvgIpc) is 2.55. The molecule has 0 bridgehead atoms. The fourth-order valence-corrected chi connectivity index (χ4v) is 3.24. The van der Waals surface area contributed by atoms with Crippen molar-refractivity contribution in [1.82, 2.24) is 10.2 Å². The van der Waals surface area contributed by atoms with Gasteiger partial charge in [-0.05, 0) is 64.7 Å². The second-order valence-corrected chi connectivity index (χ2v) is 8.23. The summed E-state index contributed by atoms with van der Waals surface area (Å²) >= 11 is 3.58. The summed E-state index contributed by atoms with van der Waals surface area (Å²) in [5.41, 5.74) is 1.40. The largest absolute Gasteiger partial charge is 0.492 e. The first-order chi connectivity index (χ1) is 11.4. The Morgan fingerprint density at radius 3 is 2.58 bits per heavy atom. The number of halogens is 1. The molecule has 1 aliphatic rings. The van der Waals surface area contributed by atoms with Crippen molar-refractivity contribution >= 4 is 22.0 Å². The van der Waals surface area contributed by atoms with Gasteiger partial charge in [0.2, 0.25) is 0 Å². The zero-order valence-corrected chi connectivity index (χ0v) is 16.6. The monoisotopic (exact) mass is 396 g/mol. The van der Waals surface area contributed by atoms with E-state index in [2.05, 4.69) is 54.2 Å². The third-order valence-electron chi connectivity index (χ3n) is 4.30. The van der Waals surface area contributed by atoms with Crippen LogP contribution in [0.2, 0.25) is 0 Å². The van der Waals surface area contributed by atoms with Crippen LogP contribution < -0.4 is 10.1 Å². The minimum Gasteiger partial charge on any atom is -0.492 e. The maximum atomic E-state index is 12.0. The quantitative estimate of drug-likeness (QED) is 0.731. The van der Waals surface area contributed by atoms with Crippen LogP contribution in [0.15, 0.2) is 22.7 Å². The van der Waals surface area contributed by atoms with Gasteiger partial charge in [-0.2, -0.15) is 0 Å². The minimum atomic E-state index is 0.0606. The molecular weight excluding hydrogens is 368 g/mol. The van der Waals surface area contributed by atoms with Crippen LogP contribution in [-0.4, -0.2) is 37.2 Å². The Morgan fingerprint density at radius 1 is 1.25 bits per heavy atom. The van der Waals surface area contributed by atoms with E-state index >= 15 is 0 Å². The second-order valence-electron chi connectivity index (χ2n) is 7.38. The van der Waals surface area contributed by atoms with Crippen molar-refractivity contribution in [2.24, 2.45) is 0 Å². The van der Waals surface area contributed by atoms with Crippen molar-refractivity contribution in [2.75, 3.05) is 26.2 Å². The van der Waals surface area contributed by atoms with Gasteiger partial charge < -0.3 is 15.0 Å². The number of carbonyl (C=O) groups is 1. The van der Waals surface area contributed by atoms with E-state index in [4.69, 9.17) is 4.74 Å². The van der Waals surface area contributed by atoms with E-state index in [-0.39, 0.29) is 11.4 Å². The number of hydrogen-bond donors (Lipinski definition) is 1. The molecular formula is C19H29BrN2O2. The normalized spacial score (nSPS) is 15.2. The number of benzene rings is 1. The number of urea groups is 1. The molecule has 1 fully saturated rings. The first-order valence-electron chi connectivity index (χ1n) is 8.83. The number of amides is 2. The van der Waals surface area contributed by atoms with Crippen molar-refractivity contribution in [1.29, 1.82) is 0 Å².